The summed E-state index contributed by atoms with van der Waals surface area (Å²) in [6.45, 7) is -0.00276. The highest BCUT2D eigenvalue weighted by molar-refractivity contribution is 7.88. The second-order valence-electron chi connectivity index (χ2n) is 5.80. The van der Waals surface area contributed by atoms with Crippen LogP contribution in [0.25, 0.3) is 0 Å². The third-order valence-electron chi connectivity index (χ3n) is 4.19. The third-order valence-corrected chi connectivity index (χ3v) is 5.44. The van der Waals surface area contributed by atoms with Gasteiger partial charge in [0.05, 0.1) is 23.5 Å². The molecule has 1 aromatic carbocycles. The van der Waals surface area contributed by atoms with Crippen molar-refractivity contribution in [3.63, 3.8) is 0 Å². The van der Waals surface area contributed by atoms with Gasteiger partial charge in [0.1, 0.15) is 6.04 Å². The number of carbonyl (C=O) groups is 3. The Balaban J connectivity index is 1.81. The van der Waals surface area contributed by atoms with Crippen LogP contribution in [0.4, 0.5) is 0 Å². The van der Waals surface area contributed by atoms with Crippen LogP contribution in [0.1, 0.15) is 27.1 Å². The topological polar surface area (TPSA) is 110 Å². The van der Waals surface area contributed by atoms with E-state index in [-0.39, 0.29) is 24.1 Å². The Bertz CT molecular complexity index is 816. The molecule has 0 bridgehead atoms. The average molecular weight is 368 g/mol. The van der Waals surface area contributed by atoms with E-state index < -0.39 is 40.0 Å². The van der Waals surface area contributed by atoms with E-state index in [1.165, 1.54) is 19.2 Å². The van der Waals surface area contributed by atoms with Gasteiger partial charge in [-0.2, -0.15) is 4.31 Å². The summed E-state index contributed by atoms with van der Waals surface area (Å²) >= 11 is 0. The number of imide groups is 1. The number of methoxy groups -OCH3 is 1. The molecule has 2 heterocycles. The highest BCUT2D eigenvalue weighted by atomic mass is 32.2. The number of carbonyl (C=O) groups excluding carboxylic acids is 3. The molecule has 134 valence electrons. The predicted molar refractivity (Wildman–Crippen MR) is 83.8 cm³/mol. The van der Waals surface area contributed by atoms with Crippen LogP contribution < -0.4 is 0 Å². The largest absolute Gasteiger partial charge is 0.380 e. The molecule has 1 aromatic rings. The minimum Gasteiger partial charge on any atom is -0.380 e. The number of rotatable bonds is 4. The molecule has 3 rings (SSSR count). The normalized spacial score (nSPS) is 23.8. The van der Waals surface area contributed by atoms with Gasteiger partial charge < -0.3 is 9.57 Å². The maximum atomic E-state index is 12.4. The molecule has 25 heavy (non-hydrogen) atoms. The van der Waals surface area contributed by atoms with E-state index in [0.717, 1.165) is 10.6 Å². The summed E-state index contributed by atoms with van der Waals surface area (Å²) in [5.41, 5.74) is 0.253. The first-order valence-electron chi connectivity index (χ1n) is 7.43. The maximum Gasteiger partial charge on any atom is 0.351 e. The molecule has 0 radical (unpaired) electrons. The molecular formula is C15H16N2O7S. The molecule has 0 N–H and O–H groups in total. The summed E-state index contributed by atoms with van der Waals surface area (Å²) in [4.78, 5) is 41.8. The summed E-state index contributed by atoms with van der Waals surface area (Å²) in [5, 5.41) is 0.369. The molecule has 0 saturated carbocycles. The second kappa shape index (κ2) is 6.21. The van der Waals surface area contributed by atoms with E-state index in [2.05, 4.69) is 0 Å². The molecule has 2 aliphatic rings. The fraction of sp³-hybridized carbons (Fsp3) is 0.400. The average Bonchev–Trinajstić information content (AvgIpc) is 3.11. The number of hydrogen-bond acceptors (Lipinski definition) is 7. The summed E-state index contributed by atoms with van der Waals surface area (Å²) in [5.74, 6) is -2.53. The van der Waals surface area contributed by atoms with Crippen molar-refractivity contribution in [3.05, 3.63) is 35.4 Å². The zero-order chi connectivity index (χ0) is 18.4. The van der Waals surface area contributed by atoms with E-state index in [0.29, 0.717) is 5.06 Å². The quantitative estimate of drug-likeness (QED) is 0.676. The van der Waals surface area contributed by atoms with E-state index in [9.17, 15) is 22.8 Å². The number of amides is 2. The summed E-state index contributed by atoms with van der Waals surface area (Å²) in [7, 11) is -2.28. The van der Waals surface area contributed by atoms with E-state index >= 15 is 0 Å². The number of sulfonamides is 1. The molecule has 0 aromatic heterocycles. The lowest BCUT2D eigenvalue weighted by molar-refractivity contribution is -0.172. The highest BCUT2D eigenvalue weighted by Crippen LogP contribution is 2.27. The highest BCUT2D eigenvalue weighted by Gasteiger charge is 2.46. The molecule has 1 fully saturated rings. The van der Waals surface area contributed by atoms with Gasteiger partial charge in [-0.15, -0.1) is 0 Å². The minimum absolute atomic E-state index is 0.00276. The zero-order valence-corrected chi connectivity index (χ0v) is 14.4. The van der Waals surface area contributed by atoms with Gasteiger partial charge in [0.15, 0.2) is 0 Å². The summed E-state index contributed by atoms with van der Waals surface area (Å²) in [6, 6.07) is 4.90. The van der Waals surface area contributed by atoms with Crippen molar-refractivity contribution in [2.24, 2.45) is 0 Å². The maximum absolute atomic E-state index is 12.4. The lowest BCUT2D eigenvalue weighted by Crippen LogP contribution is -2.44. The Morgan fingerprint density at radius 3 is 2.20 bits per heavy atom. The first kappa shape index (κ1) is 17.5. The molecule has 0 unspecified atom stereocenters. The first-order chi connectivity index (χ1) is 11.7. The van der Waals surface area contributed by atoms with Crippen LogP contribution in [0.3, 0.4) is 0 Å². The zero-order valence-electron chi connectivity index (χ0n) is 13.5. The van der Waals surface area contributed by atoms with Crippen molar-refractivity contribution in [2.75, 3.05) is 19.9 Å². The Morgan fingerprint density at radius 1 is 1.16 bits per heavy atom. The van der Waals surface area contributed by atoms with Crippen LogP contribution >= 0.6 is 0 Å². The number of nitrogens with zero attached hydrogens (tertiary/aromatic N) is 2. The number of benzene rings is 1. The smallest absolute Gasteiger partial charge is 0.351 e. The van der Waals surface area contributed by atoms with Crippen molar-refractivity contribution >= 4 is 27.8 Å². The third kappa shape index (κ3) is 3.03. The second-order valence-corrected chi connectivity index (χ2v) is 7.74. The van der Waals surface area contributed by atoms with Crippen LogP contribution in [-0.4, -0.2) is 67.6 Å². The molecule has 0 aliphatic carbocycles. The lowest BCUT2D eigenvalue weighted by atomic mass is 10.1. The van der Waals surface area contributed by atoms with Crippen molar-refractivity contribution in [1.82, 2.24) is 9.37 Å². The van der Waals surface area contributed by atoms with Crippen molar-refractivity contribution in [3.8, 4) is 0 Å². The van der Waals surface area contributed by atoms with Crippen molar-refractivity contribution in [1.29, 1.82) is 0 Å². The fourth-order valence-electron chi connectivity index (χ4n) is 2.92. The molecule has 0 spiro atoms. The first-order valence-corrected chi connectivity index (χ1v) is 9.28. The van der Waals surface area contributed by atoms with Gasteiger partial charge in [-0.1, -0.05) is 17.2 Å². The minimum atomic E-state index is -3.69. The monoisotopic (exact) mass is 368 g/mol. The van der Waals surface area contributed by atoms with Gasteiger partial charge in [0.25, 0.3) is 11.8 Å². The van der Waals surface area contributed by atoms with E-state index in [1.807, 2.05) is 0 Å². The Labute approximate surface area is 144 Å². The van der Waals surface area contributed by atoms with Crippen LogP contribution in [0.2, 0.25) is 0 Å². The number of ether oxygens (including phenoxy) is 1. The number of fused-ring (bicyclic) bond motifs is 1. The lowest BCUT2D eigenvalue weighted by Gasteiger charge is -2.21. The fourth-order valence-corrected chi connectivity index (χ4v) is 3.99. The number of hydrogen-bond donors (Lipinski definition) is 0. The van der Waals surface area contributed by atoms with Crippen molar-refractivity contribution in [2.45, 2.75) is 18.6 Å². The van der Waals surface area contributed by atoms with Gasteiger partial charge >= 0.3 is 5.97 Å². The molecule has 2 atom stereocenters. The molecule has 2 amide bonds. The van der Waals surface area contributed by atoms with E-state index in [4.69, 9.17) is 9.57 Å². The van der Waals surface area contributed by atoms with Crippen molar-refractivity contribution < 1.29 is 32.4 Å². The van der Waals surface area contributed by atoms with E-state index in [1.54, 1.807) is 12.1 Å². The number of hydroxylamine groups is 2. The Hall–Kier alpha value is -2.30. The van der Waals surface area contributed by atoms with Crippen LogP contribution in [0.5, 0.6) is 0 Å². The van der Waals surface area contributed by atoms with Crippen LogP contribution in [0, 0.1) is 0 Å². The standard InChI is InChI=1S/C15H16N2O7S/c1-23-9-7-12(16(8-9)25(2,21)22)15(20)24-17-13(18)10-5-3-4-6-11(10)14(17)19/h3-6,9,12H,7-8H2,1-2H3/t9-,12+/m0/s1. The summed E-state index contributed by atoms with van der Waals surface area (Å²) in [6.07, 6.45) is 0.563. The summed E-state index contributed by atoms with van der Waals surface area (Å²) < 4.78 is 29.8. The van der Waals surface area contributed by atoms with Crippen LogP contribution in [0.15, 0.2) is 24.3 Å². The molecular weight excluding hydrogens is 352 g/mol. The predicted octanol–water partition coefficient (Wildman–Crippen LogP) is -0.210. The van der Waals surface area contributed by atoms with Gasteiger partial charge in [-0.3, -0.25) is 9.59 Å². The van der Waals surface area contributed by atoms with Crippen LogP contribution in [-0.2, 0) is 24.4 Å². The van der Waals surface area contributed by atoms with Gasteiger partial charge in [-0.25, -0.2) is 13.2 Å². The Kier molecular flexibility index (Phi) is 4.35. The SMILES string of the molecule is CO[C@H]1C[C@H](C(=O)ON2C(=O)c3ccccc3C2=O)N(S(C)(=O)=O)C1. The van der Waals surface area contributed by atoms with Gasteiger partial charge in [0.2, 0.25) is 10.0 Å². The Morgan fingerprint density at radius 2 is 1.72 bits per heavy atom. The molecule has 10 heteroatoms. The molecule has 2 aliphatic heterocycles. The molecule has 9 nitrogen and oxygen atoms in total. The van der Waals surface area contributed by atoms with Gasteiger partial charge in [-0.05, 0) is 12.1 Å². The van der Waals surface area contributed by atoms with Gasteiger partial charge in [0, 0.05) is 20.1 Å². The molecule has 1 saturated heterocycles.